The van der Waals surface area contributed by atoms with Gasteiger partial charge in [-0.05, 0) is 48.6 Å². The van der Waals surface area contributed by atoms with E-state index in [9.17, 15) is 28.3 Å². The molecule has 286 valence electrons. The van der Waals surface area contributed by atoms with Gasteiger partial charge in [-0.25, -0.2) is 23.4 Å². The number of carbonyl (C=O) groups excluding carboxylic acids is 3. The smallest absolute Gasteiger partial charge is 0.302 e. The number of amides is 2. The van der Waals surface area contributed by atoms with Crippen LogP contribution in [-0.2, 0) is 20.9 Å². The number of carbonyl (C=O) groups is 3. The summed E-state index contributed by atoms with van der Waals surface area (Å²) in [5.41, 5.74) is 0.0874. The third kappa shape index (κ3) is 9.14. The second-order valence-electron chi connectivity index (χ2n) is 14.5. The number of hydrogen-bond acceptors (Lipinski definition) is 12. The first-order valence-electron chi connectivity index (χ1n) is 17.6. The summed E-state index contributed by atoms with van der Waals surface area (Å²) in [6.07, 6.45) is 1.56. The summed E-state index contributed by atoms with van der Waals surface area (Å²) in [5, 5.41) is 32.0. The van der Waals surface area contributed by atoms with Crippen LogP contribution in [0.4, 0.5) is 20.3 Å². The van der Waals surface area contributed by atoms with Crippen molar-refractivity contribution in [1.29, 1.82) is 5.41 Å². The Kier molecular flexibility index (Phi) is 11.2. The van der Waals surface area contributed by atoms with Crippen LogP contribution in [0.3, 0.4) is 0 Å². The van der Waals surface area contributed by atoms with Crippen LogP contribution in [0.15, 0.2) is 59.5 Å². The molecule has 2 amide bonds. The highest BCUT2D eigenvalue weighted by atomic mass is 19.3. The lowest BCUT2D eigenvalue weighted by Crippen LogP contribution is -2.52. The fraction of sp³-hybridized carbons (Fsp3) is 0.432. The van der Waals surface area contributed by atoms with Crippen molar-refractivity contribution in [2.45, 2.75) is 78.3 Å². The zero-order chi connectivity index (χ0) is 38.7. The van der Waals surface area contributed by atoms with Crippen LogP contribution in [-0.4, -0.2) is 84.7 Å². The number of aliphatic hydroxyl groups excluding tert-OH is 1. The first kappa shape index (κ1) is 38.2. The van der Waals surface area contributed by atoms with Gasteiger partial charge in [0.2, 0.25) is 11.8 Å². The summed E-state index contributed by atoms with van der Waals surface area (Å²) < 4.78 is 40.2. The molecule has 1 aromatic carbocycles. The quantitative estimate of drug-likeness (QED) is 0.0865. The summed E-state index contributed by atoms with van der Waals surface area (Å²) in [6, 6.07) is 9.18. The predicted octanol–water partition coefficient (Wildman–Crippen LogP) is 4.94. The number of nitrogens with one attached hydrogen (secondary N) is 4. The number of oxazole rings is 1. The topological polar surface area (TPSA) is 201 Å². The van der Waals surface area contributed by atoms with E-state index in [0.717, 1.165) is 12.8 Å². The molecule has 54 heavy (non-hydrogen) atoms. The SMILES string of the molecule is CC(=O)O[C@@H]1C[C@@H](C(=O)NCc2ccc(-n3cc(NC(=O)c4coc(-c5ccnc(NCC6CC6)c5)n4)c(C(F)F)n3)cc2)N(C(O)C(=N)C(C)(C)C)C1. The first-order chi connectivity index (χ1) is 25.7. The molecule has 1 saturated carbocycles. The van der Waals surface area contributed by atoms with E-state index in [2.05, 4.69) is 31.0 Å². The van der Waals surface area contributed by atoms with E-state index in [1.54, 1.807) is 63.4 Å². The van der Waals surface area contributed by atoms with Crippen molar-refractivity contribution in [3.63, 3.8) is 0 Å². The van der Waals surface area contributed by atoms with Crippen LogP contribution in [0, 0.1) is 16.7 Å². The minimum atomic E-state index is -3.00. The second kappa shape index (κ2) is 15.8. The molecular weight excluding hydrogens is 704 g/mol. The maximum absolute atomic E-state index is 14.1. The molecule has 3 aromatic heterocycles. The molecule has 0 radical (unpaired) electrons. The molecule has 1 saturated heterocycles. The van der Waals surface area contributed by atoms with Gasteiger partial charge in [0.25, 0.3) is 12.3 Å². The summed E-state index contributed by atoms with van der Waals surface area (Å²) in [5.74, 6) is -0.228. The number of nitrogens with zero attached hydrogens (tertiary/aromatic N) is 5. The number of anilines is 2. The van der Waals surface area contributed by atoms with Gasteiger partial charge in [-0.2, -0.15) is 5.10 Å². The number of rotatable bonds is 14. The number of halogens is 2. The van der Waals surface area contributed by atoms with Gasteiger partial charge in [-0.1, -0.05) is 32.9 Å². The zero-order valence-electron chi connectivity index (χ0n) is 30.3. The highest BCUT2D eigenvalue weighted by Gasteiger charge is 2.44. The van der Waals surface area contributed by atoms with E-state index in [4.69, 9.17) is 14.6 Å². The molecule has 2 aliphatic rings. The number of hydrogen-bond donors (Lipinski definition) is 5. The lowest BCUT2D eigenvalue weighted by atomic mass is 9.88. The molecule has 4 aromatic rings. The maximum Gasteiger partial charge on any atom is 0.302 e. The maximum atomic E-state index is 14.1. The van der Waals surface area contributed by atoms with Gasteiger partial charge in [-0.3, -0.25) is 19.3 Å². The molecule has 0 spiro atoms. The van der Waals surface area contributed by atoms with E-state index >= 15 is 0 Å². The molecule has 6 rings (SSSR count). The molecular formula is C37H43F2N9O6. The minimum Gasteiger partial charge on any atom is -0.461 e. The Morgan fingerprint density at radius 1 is 1.15 bits per heavy atom. The Labute approximate surface area is 310 Å². The number of pyridine rings is 1. The van der Waals surface area contributed by atoms with Gasteiger partial charge >= 0.3 is 5.97 Å². The van der Waals surface area contributed by atoms with Crippen molar-refractivity contribution in [1.82, 2.24) is 30.0 Å². The highest BCUT2D eigenvalue weighted by molar-refractivity contribution is 6.03. The van der Waals surface area contributed by atoms with Crippen molar-refractivity contribution in [3.05, 3.63) is 72.0 Å². The number of aromatic nitrogens is 4. The second-order valence-corrected chi connectivity index (χ2v) is 14.5. The van der Waals surface area contributed by atoms with Crippen molar-refractivity contribution in [2.24, 2.45) is 11.3 Å². The Morgan fingerprint density at radius 2 is 1.89 bits per heavy atom. The molecule has 1 unspecified atom stereocenters. The Balaban J connectivity index is 1.09. The number of aliphatic hydroxyl groups is 1. The van der Waals surface area contributed by atoms with Crippen LogP contribution in [0.2, 0.25) is 0 Å². The van der Waals surface area contributed by atoms with Crippen LogP contribution in [0.1, 0.15) is 75.1 Å². The largest absolute Gasteiger partial charge is 0.461 e. The summed E-state index contributed by atoms with van der Waals surface area (Å²) >= 11 is 0. The molecule has 1 aliphatic carbocycles. The number of likely N-dealkylation sites (tertiary alicyclic amines) is 1. The molecule has 17 heteroatoms. The van der Waals surface area contributed by atoms with E-state index in [1.807, 2.05) is 0 Å². The summed E-state index contributed by atoms with van der Waals surface area (Å²) in [6.45, 7) is 7.62. The number of esters is 1. The Morgan fingerprint density at radius 3 is 2.56 bits per heavy atom. The van der Waals surface area contributed by atoms with Crippen LogP contribution in [0.5, 0.6) is 0 Å². The van der Waals surface area contributed by atoms with Crippen molar-refractivity contribution in [2.75, 3.05) is 23.7 Å². The third-order valence-electron chi connectivity index (χ3n) is 9.19. The fourth-order valence-corrected chi connectivity index (χ4v) is 6.00. The third-order valence-corrected chi connectivity index (χ3v) is 9.19. The normalized spacial score (nSPS) is 18.0. The van der Waals surface area contributed by atoms with Crippen LogP contribution in [0.25, 0.3) is 17.1 Å². The average Bonchev–Trinajstić information content (AvgIpc) is 3.47. The minimum absolute atomic E-state index is 0.0227. The van der Waals surface area contributed by atoms with Crippen molar-refractivity contribution >= 4 is 35.0 Å². The van der Waals surface area contributed by atoms with Crippen LogP contribution >= 0.6 is 0 Å². The molecule has 5 N–H and O–H groups in total. The average molecular weight is 748 g/mol. The Hall–Kier alpha value is -5.55. The number of benzene rings is 1. The molecule has 0 bridgehead atoms. The van der Waals surface area contributed by atoms with E-state index in [0.29, 0.717) is 28.6 Å². The Bertz CT molecular complexity index is 2000. The molecule has 15 nitrogen and oxygen atoms in total. The molecule has 2 fully saturated rings. The van der Waals surface area contributed by atoms with Crippen molar-refractivity contribution < 1.29 is 37.4 Å². The predicted molar refractivity (Wildman–Crippen MR) is 193 cm³/mol. The van der Waals surface area contributed by atoms with Crippen LogP contribution < -0.4 is 16.0 Å². The van der Waals surface area contributed by atoms with Gasteiger partial charge in [0, 0.05) is 50.2 Å². The van der Waals surface area contributed by atoms with E-state index < -0.39 is 53.7 Å². The van der Waals surface area contributed by atoms with E-state index in [1.165, 1.54) is 35.5 Å². The summed E-state index contributed by atoms with van der Waals surface area (Å²) in [7, 11) is 0. The fourth-order valence-electron chi connectivity index (χ4n) is 6.00. The number of alkyl halides is 2. The lowest BCUT2D eigenvalue weighted by Gasteiger charge is -2.33. The van der Waals surface area contributed by atoms with Gasteiger partial charge in [0.1, 0.15) is 24.4 Å². The number of ether oxygens (including phenoxy) is 1. The van der Waals surface area contributed by atoms with Crippen molar-refractivity contribution in [3.8, 4) is 17.1 Å². The highest BCUT2D eigenvalue weighted by Crippen LogP contribution is 2.31. The molecule has 4 heterocycles. The molecule has 3 atom stereocenters. The van der Waals surface area contributed by atoms with Gasteiger partial charge in [0.05, 0.1) is 29.3 Å². The lowest BCUT2D eigenvalue weighted by molar-refractivity contribution is -0.146. The first-order valence-corrected chi connectivity index (χ1v) is 17.6. The van der Waals surface area contributed by atoms with Gasteiger partial charge < -0.3 is 35.6 Å². The summed E-state index contributed by atoms with van der Waals surface area (Å²) in [4.78, 5) is 48.0. The molecule has 1 aliphatic heterocycles. The van der Waals surface area contributed by atoms with E-state index in [-0.39, 0.29) is 42.5 Å². The monoisotopic (exact) mass is 747 g/mol. The van der Waals surface area contributed by atoms with Gasteiger partial charge in [-0.15, -0.1) is 0 Å². The standard InChI is InChI=1S/C37H43F2N9O6/c1-20(49)54-25-14-28(47(17-25)36(52)31(40)37(2,3)4)34(51)43-16-22-7-9-24(10-8-22)48-18-26(30(46-48)32(38)39)44-33(50)27-19-53-35(45-27)23-11-12-41-29(13-23)42-15-21-5-6-21/h7-13,18-19,21,25,28,32,36,40,52H,5-6,14-17H2,1-4H3,(H,41,42)(H,43,51)(H,44,50)/t25-,28+,36?/m1/s1. The zero-order valence-corrected chi connectivity index (χ0v) is 30.3. The van der Waals surface area contributed by atoms with Gasteiger partial charge in [0.15, 0.2) is 11.4 Å².